The number of imidazole rings is 1. The molecule has 0 bridgehead atoms. The summed E-state index contributed by atoms with van der Waals surface area (Å²) in [7, 11) is 0. The fourth-order valence-corrected chi connectivity index (χ4v) is 14.9. The van der Waals surface area contributed by atoms with Crippen molar-refractivity contribution in [3.63, 3.8) is 0 Å². The zero-order chi connectivity index (χ0) is 63.5. The van der Waals surface area contributed by atoms with E-state index >= 15 is 0 Å². The number of pyridine rings is 1. The average molecular weight is 1390 g/mol. The van der Waals surface area contributed by atoms with Crippen LogP contribution in [0.2, 0.25) is 0 Å². The third-order valence-electron chi connectivity index (χ3n) is 20.2. The molecule has 93 heavy (non-hydrogen) atoms. The Morgan fingerprint density at radius 3 is 1.59 bits per heavy atom. The third-order valence-corrected chi connectivity index (χ3v) is 20.2. The van der Waals surface area contributed by atoms with Crippen molar-refractivity contribution in [1.82, 2.24) is 18.7 Å². The number of para-hydroxylation sites is 4. The molecule has 0 amide bonds. The van der Waals surface area contributed by atoms with Crippen molar-refractivity contribution < 1.29 is 30.4 Å². The molecule has 1 aliphatic heterocycles. The summed E-state index contributed by atoms with van der Waals surface area (Å²) in [6.45, 7) is 30.5. The van der Waals surface area contributed by atoms with E-state index in [0.29, 0.717) is 11.5 Å². The Hall–Kier alpha value is -9.09. The molecule has 0 spiro atoms. The minimum atomic E-state index is -0.106. The summed E-state index contributed by atoms with van der Waals surface area (Å²) in [6, 6.07) is 82.1. The molecule has 6 nitrogen and oxygen atoms in total. The molecule has 0 unspecified atom stereocenters. The van der Waals surface area contributed by atoms with E-state index in [4.69, 9.17) is 9.72 Å². The Labute approximate surface area is 561 Å². The average Bonchev–Trinajstić information content (AvgIpc) is 1.63. The Morgan fingerprint density at radius 1 is 0.441 bits per heavy atom. The number of benzene rings is 10. The number of fused-ring (bicyclic) bond motifs is 14. The van der Waals surface area contributed by atoms with Crippen LogP contribution in [0.1, 0.15) is 131 Å². The van der Waals surface area contributed by atoms with Crippen molar-refractivity contribution in [3.05, 3.63) is 253 Å². The van der Waals surface area contributed by atoms with E-state index in [1.54, 1.807) is 0 Å². The zero-order valence-corrected chi connectivity index (χ0v) is 57.8. The molecule has 0 N–H and O–H groups in total. The molecule has 4 aromatic heterocycles. The topological polar surface area (TPSA) is 40.8 Å². The van der Waals surface area contributed by atoms with Crippen LogP contribution >= 0.6 is 0 Å². The first-order valence-electron chi connectivity index (χ1n) is 32.7. The van der Waals surface area contributed by atoms with Gasteiger partial charge in [-0.2, -0.15) is 18.2 Å². The number of hydrogen-bond acceptors (Lipinski definition) is 2. The van der Waals surface area contributed by atoms with Gasteiger partial charge in [-0.3, -0.25) is 4.57 Å². The van der Waals surface area contributed by atoms with Gasteiger partial charge in [-0.15, -0.1) is 29.7 Å². The predicted octanol–water partition coefficient (Wildman–Crippen LogP) is 21.9. The minimum absolute atomic E-state index is 0. The molecule has 0 atom stereocenters. The molecule has 0 fully saturated rings. The van der Waals surface area contributed by atoms with Crippen molar-refractivity contribution >= 4 is 54.6 Å². The predicted molar refractivity (Wildman–Crippen MR) is 381 cm³/mol. The summed E-state index contributed by atoms with van der Waals surface area (Å²) >= 11 is 0. The van der Waals surface area contributed by atoms with Crippen molar-refractivity contribution in [2.24, 2.45) is 0 Å². The van der Waals surface area contributed by atoms with E-state index in [1.165, 1.54) is 60.8 Å². The van der Waals surface area contributed by atoms with E-state index in [-0.39, 0.29) is 48.1 Å². The molecule has 0 radical (unpaired) electrons. The fourth-order valence-electron chi connectivity index (χ4n) is 14.9. The van der Waals surface area contributed by atoms with Crippen LogP contribution in [0.5, 0.6) is 11.5 Å². The van der Waals surface area contributed by atoms with Gasteiger partial charge in [0.05, 0.1) is 33.4 Å². The summed E-state index contributed by atoms with van der Waals surface area (Å²) in [5.74, 6) is 1.97. The second-order valence-electron chi connectivity index (χ2n) is 30.4. The van der Waals surface area contributed by atoms with E-state index in [0.717, 1.165) is 102 Å². The van der Waals surface area contributed by atoms with Crippen LogP contribution in [0, 0.1) is 18.5 Å². The smallest absolute Gasteiger partial charge is 0.268 e. The minimum Gasteiger partial charge on any atom is -0.510 e. The van der Waals surface area contributed by atoms with Gasteiger partial charge >= 0.3 is 0 Å². The van der Waals surface area contributed by atoms with Crippen molar-refractivity contribution in [2.45, 2.75) is 130 Å². The summed E-state index contributed by atoms with van der Waals surface area (Å²) in [4.78, 5) is 4.97. The molecule has 464 valence electrons. The van der Waals surface area contributed by atoms with Crippen LogP contribution in [0.25, 0.3) is 122 Å². The third kappa shape index (κ3) is 9.84. The monoisotopic (exact) mass is 1390 g/mol. The molecule has 16 rings (SSSR count). The van der Waals surface area contributed by atoms with Gasteiger partial charge in [0, 0.05) is 55.1 Å². The van der Waals surface area contributed by atoms with Gasteiger partial charge in [0.1, 0.15) is 5.82 Å². The van der Waals surface area contributed by atoms with E-state index < -0.39 is 0 Å². The van der Waals surface area contributed by atoms with Crippen LogP contribution < -0.4 is 9.30 Å². The number of hydrogen-bond donors (Lipinski definition) is 0. The van der Waals surface area contributed by atoms with Crippen LogP contribution in [-0.4, -0.2) is 18.7 Å². The number of nitrogens with zero attached hydrogens (tertiary/aromatic N) is 5. The van der Waals surface area contributed by atoms with Crippen LogP contribution in [0.4, 0.5) is 0 Å². The summed E-state index contributed by atoms with van der Waals surface area (Å²) in [6.07, 6.45) is 8.32. The van der Waals surface area contributed by atoms with Crippen LogP contribution in [0.15, 0.2) is 206 Å². The van der Waals surface area contributed by atoms with Gasteiger partial charge in [0.2, 0.25) is 0 Å². The molecule has 5 heterocycles. The van der Waals surface area contributed by atoms with Crippen molar-refractivity contribution in [1.29, 1.82) is 0 Å². The summed E-state index contributed by atoms with van der Waals surface area (Å²) in [5.41, 5.74) is 24.8. The van der Waals surface area contributed by atoms with Gasteiger partial charge < -0.3 is 18.4 Å². The molecule has 0 saturated carbocycles. The summed E-state index contributed by atoms with van der Waals surface area (Å²) in [5, 5.41) is 4.62. The number of ether oxygens (including phenoxy) is 1. The molecule has 2 aliphatic rings. The Morgan fingerprint density at radius 2 is 0.968 bits per heavy atom. The first-order chi connectivity index (χ1) is 44.0. The van der Waals surface area contributed by atoms with Gasteiger partial charge in [-0.05, 0) is 172 Å². The molecule has 14 aromatic rings. The van der Waals surface area contributed by atoms with Gasteiger partial charge in [0.15, 0.2) is 0 Å². The van der Waals surface area contributed by atoms with E-state index in [1.807, 2.05) is 18.3 Å². The molecular weight excluding hydrogens is 1310 g/mol. The molecule has 0 saturated heterocycles. The normalized spacial score (nSPS) is 14.3. The first-order valence-corrected chi connectivity index (χ1v) is 32.7. The first kappa shape index (κ1) is 60.2. The number of rotatable bonds is 6. The number of aromatic nitrogens is 5. The molecule has 7 heteroatoms. The van der Waals surface area contributed by atoms with Crippen molar-refractivity contribution in [2.75, 3.05) is 0 Å². The van der Waals surface area contributed by atoms with Crippen molar-refractivity contribution in [3.8, 4) is 78.9 Å². The molecule has 1 aliphatic carbocycles. The maximum Gasteiger partial charge on any atom is 0.268 e. The quantitative estimate of drug-likeness (QED) is 0.123. The Bertz CT molecular complexity index is 5310. The molecular formula is C86H77N5OPt-2. The van der Waals surface area contributed by atoms with E-state index in [9.17, 15) is 0 Å². The second kappa shape index (κ2) is 21.5. The largest absolute Gasteiger partial charge is 0.510 e. The zero-order valence-electron chi connectivity index (χ0n) is 55.5. The second-order valence-corrected chi connectivity index (χ2v) is 30.4. The van der Waals surface area contributed by atoms with Gasteiger partial charge in [0.25, 0.3) is 6.33 Å². The fraction of sp³-hybridized carbons (Fsp3) is 0.233. The molecule has 10 aromatic carbocycles. The van der Waals surface area contributed by atoms with Gasteiger partial charge in [-0.25, -0.2) is 4.98 Å². The Kier molecular flexibility index (Phi) is 13.9. The maximum absolute atomic E-state index is 7.02. The Balaban J connectivity index is 0.00000716. The standard InChI is InChI=1S/C86H77N5O.Pt/c1-82(2,3)55-38-41-87-79(47-55)91-75-34-21-18-30-65(75)66-37-36-60(49-77(66)91)92-59-25-22-24-58(48-59)88-52-89-80-67(31-23-35-76(80)90-73-32-19-16-28-63(73)64-29-17-20-33-74(64)90)69-51-72-71(85(10,11)39-40-86(72,12)13)50-68(69)61-26-14-15-27-62(61)70-44-54(45-78(88)81(70)89)53-42-56(83(4,5)6)46-57(43-53)84(7,8)9;/h14-38,41-47,50-51H,39-40H2,1-13H3;/q-2;. The van der Waals surface area contributed by atoms with Gasteiger partial charge in [-0.1, -0.05) is 217 Å². The van der Waals surface area contributed by atoms with Crippen LogP contribution in [-0.2, 0) is 48.1 Å². The van der Waals surface area contributed by atoms with Crippen LogP contribution in [0.3, 0.4) is 0 Å². The SMILES string of the molecule is CC(C)(C)c1cc(-c2cc3c4c(c2)n(-c2[c-]c(Oc5[c-]c6c(cc5)c5ccccc5n6-c5cc(C(C)(C)C)ccn5)ccc2)[c-][n+]4-c2c(cccc2-n2c4ccccc4c4ccccc42)-c2cc4c(cc2-c2ccccc2-3)C(C)(C)CCC4(C)C)cc(C(C)(C)C)c1.[Pt]. The maximum atomic E-state index is 7.02. The summed E-state index contributed by atoms with van der Waals surface area (Å²) < 4.78 is 16.4. The van der Waals surface area contributed by atoms with E-state index in [2.05, 4.69) is 315 Å².